The van der Waals surface area contributed by atoms with Crippen molar-refractivity contribution in [1.82, 2.24) is 19.9 Å². The fourth-order valence-electron chi connectivity index (χ4n) is 3.37. The molecule has 1 N–H and O–H groups in total. The van der Waals surface area contributed by atoms with Crippen molar-refractivity contribution in [3.8, 4) is 17.4 Å². The predicted octanol–water partition coefficient (Wildman–Crippen LogP) is 3.09. The molecule has 0 bridgehead atoms. The molecule has 0 unspecified atom stereocenters. The van der Waals surface area contributed by atoms with Crippen LogP contribution in [-0.4, -0.2) is 54.5 Å². The van der Waals surface area contributed by atoms with Gasteiger partial charge in [-0.3, -0.25) is 9.00 Å². The van der Waals surface area contributed by atoms with Crippen LogP contribution in [0.25, 0.3) is 11.0 Å². The lowest BCUT2D eigenvalue weighted by Crippen LogP contribution is -2.61. The van der Waals surface area contributed by atoms with Crippen LogP contribution in [0.4, 0.5) is 17.6 Å². The highest BCUT2D eigenvalue weighted by Crippen LogP contribution is 2.32. The van der Waals surface area contributed by atoms with Crippen molar-refractivity contribution >= 4 is 27.7 Å². The Bertz CT molecular complexity index is 1250. The molecule has 1 amide bonds. The lowest BCUT2D eigenvalue weighted by Gasteiger charge is -2.37. The molecule has 0 radical (unpaired) electrons. The van der Waals surface area contributed by atoms with Crippen LogP contribution in [-0.2, 0) is 17.8 Å². The zero-order chi connectivity index (χ0) is 24.0. The normalized spacial score (nSPS) is 20.4. The van der Waals surface area contributed by atoms with Crippen molar-refractivity contribution in [2.24, 2.45) is 7.05 Å². The number of nitrogens with zero attached hydrogens (tertiary/aromatic N) is 3. The smallest absolute Gasteiger partial charge is 0.422 e. The van der Waals surface area contributed by atoms with Crippen molar-refractivity contribution in [1.29, 1.82) is 0 Å². The molecule has 0 spiro atoms. The molecule has 4 rings (SSSR count). The average Bonchev–Trinajstić information content (AvgIpc) is 3.03. The van der Waals surface area contributed by atoms with Gasteiger partial charge in [-0.05, 0) is 19.1 Å². The summed E-state index contributed by atoms with van der Waals surface area (Å²) in [5, 5.41) is 2.83. The number of pyridine rings is 1. The van der Waals surface area contributed by atoms with Crippen LogP contribution in [0.3, 0.4) is 0 Å². The highest BCUT2D eigenvalue weighted by Gasteiger charge is 2.40. The van der Waals surface area contributed by atoms with Crippen LogP contribution in [0.15, 0.2) is 30.5 Å². The second-order valence-electron chi connectivity index (χ2n) is 7.85. The fraction of sp³-hybridized carbons (Fsp3) is 0.350. The van der Waals surface area contributed by atoms with Gasteiger partial charge in [-0.25, -0.2) is 14.4 Å². The highest BCUT2D eigenvalue weighted by atomic mass is 32.2. The quantitative estimate of drug-likeness (QED) is 0.538. The van der Waals surface area contributed by atoms with E-state index in [0.29, 0.717) is 22.5 Å². The summed E-state index contributed by atoms with van der Waals surface area (Å²) in [7, 11) is 0.667. The number of carbonyl (C=O) groups is 1. The first-order valence-electron chi connectivity index (χ1n) is 9.59. The van der Waals surface area contributed by atoms with E-state index in [1.165, 1.54) is 16.7 Å². The molecule has 3 aromatic rings. The highest BCUT2D eigenvalue weighted by molar-refractivity contribution is 7.86. The number of aromatic nitrogens is 3. The Hall–Kier alpha value is -3.22. The largest absolute Gasteiger partial charge is 0.478 e. The second kappa shape index (κ2) is 8.28. The van der Waals surface area contributed by atoms with Gasteiger partial charge in [0.1, 0.15) is 11.6 Å². The van der Waals surface area contributed by atoms with Gasteiger partial charge in [-0.1, -0.05) is 0 Å². The Morgan fingerprint density at radius 2 is 2.03 bits per heavy atom. The number of ether oxygens (including phenoxy) is 2. The number of aryl methyl sites for hydroxylation is 1. The molecule has 8 nitrogen and oxygen atoms in total. The summed E-state index contributed by atoms with van der Waals surface area (Å²) < 4.78 is 74.0. The van der Waals surface area contributed by atoms with E-state index in [0.717, 1.165) is 12.3 Å². The molecule has 1 saturated heterocycles. The third-order valence-corrected chi connectivity index (χ3v) is 6.74. The maximum atomic E-state index is 13.5. The minimum Gasteiger partial charge on any atom is -0.478 e. The summed E-state index contributed by atoms with van der Waals surface area (Å²) in [6.07, 6.45) is -3.84. The SMILES string of the molecule is Cn1c(C(=O)NC2(C)CS(=O)C2)nc2ccc(Oc3ncc(F)cc3OCC(F)(F)F)cc21. The van der Waals surface area contributed by atoms with E-state index >= 15 is 0 Å². The number of rotatable bonds is 6. The zero-order valence-corrected chi connectivity index (χ0v) is 18.2. The van der Waals surface area contributed by atoms with Crippen molar-refractivity contribution in [2.75, 3.05) is 18.1 Å². The first-order chi connectivity index (χ1) is 15.4. The van der Waals surface area contributed by atoms with Gasteiger partial charge in [0.25, 0.3) is 11.8 Å². The number of imidazole rings is 1. The Kier molecular flexibility index (Phi) is 5.76. The molecular formula is C20H18F4N4O4S. The number of alkyl halides is 3. The van der Waals surface area contributed by atoms with Gasteiger partial charge in [-0.15, -0.1) is 0 Å². The minimum atomic E-state index is -4.63. The Labute approximate surface area is 187 Å². The summed E-state index contributed by atoms with van der Waals surface area (Å²) in [6, 6.07) is 5.29. The van der Waals surface area contributed by atoms with Crippen molar-refractivity contribution in [2.45, 2.75) is 18.6 Å². The number of nitrogens with one attached hydrogen (secondary N) is 1. The van der Waals surface area contributed by atoms with Crippen LogP contribution in [0.2, 0.25) is 0 Å². The van der Waals surface area contributed by atoms with Gasteiger partial charge in [0, 0.05) is 41.5 Å². The monoisotopic (exact) mass is 486 g/mol. The lowest BCUT2D eigenvalue weighted by atomic mass is 10.1. The van der Waals surface area contributed by atoms with Crippen molar-refractivity contribution < 1.29 is 36.0 Å². The second-order valence-corrected chi connectivity index (χ2v) is 9.31. The Morgan fingerprint density at radius 3 is 2.70 bits per heavy atom. The van der Waals surface area contributed by atoms with E-state index < -0.39 is 46.6 Å². The summed E-state index contributed by atoms with van der Waals surface area (Å²) in [5.41, 5.74) is 0.410. The first kappa shape index (κ1) is 23.0. The Morgan fingerprint density at radius 1 is 1.30 bits per heavy atom. The number of hydrogen-bond acceptors (Lipinski definition) is 6. The molecule has 0 atom stereocenters. The van der Waals surface area contributed by atoms with Crippen LogP contribution in [0.1, 0.15) is 17.5 Å². The molecule has 1 aliphatic rings. The summed E-state index contributed by atoms with van der Waals surface area (Å²) in [6.45, 7) is 0.162. The third-order valence-electron chi connectivity index (χ3n) is 4.82. The van der Waals surface area contributed by atoms with Gasteiger partial charge in [0.2, 0.25) is 0 Å². The number of carbonyl (C=O) groups excluding carboxylic acids is 1. The van der Waals surface area contributed by atoms with Crippen molar-refractivity contribution in [3.05, 3.63) is 42.1 Å². The number of benzene rings is 1. The van der Waals surface area contributed by atoms with Gasteiger partial charge >= 0.3 is 6.18 Å². The van der Waals surface area contributed by atoms with E-state index in [2.05, 4.69) is 20.0 Å². The molecule has 2 aromatic heterocycles. The third kappa shape index (κ3) is 5.07. The standard InChI is InChI=1S/C20H18F4N4O4S/c1-19(9-33(30)10-19)27-17(29)16-26-13-4-3-12(6-14(13)28(16)2)32-18-15(5-11(21)7-25-18)31-8-20(22,23)24/h3-7H,8-10H2,1-2H3,(H,27,29). The van der Waals surface area contributed by atoms with Crippen molar-refractivity contribution in [3.63, 3.8) is 0 Å². The van der Waals surface area contributed by atoms with Gasteiger partial charge in [0.05, 0.1) is 22.8 Å². The van der Waals surface area contributed by atoms with Gasteiger partial charge in [0.15, 0.2) is 18.2 Å². The summed E-state index contributed by atoms with van der Waals surface area (Å²) >= 11 is 0. The van der Waals surface area contributed by atoms with Crippen LogP contribution >= 0.6 is 0 Å². The van der Waals surface area contributed by atoms with E-state index in [1.54, 1.807) is 20.0 Å². The molecule has 1 aromatic carbocycles. The number of halogens is 4. The Balaban J connectivity index is 1.57. The number of amides is 1. The molecular weight excluding hydrogens is 468 g/mol. The van der Waals surface area contributed by atoms with E-state index in [-0.39, 0.29) is 17.5 Å². The average molecular weight is 486 g/mol. The molecule has 0 saturated carbocycles. The topological polar surface area (TPSA) is 95.3 Å². The number of fused-ring (bicyclic) bond motifs is 1. The fourth-order valence-corrected chi connectivity index (χ4v) is 4.85. The lowest BCUT2D eigenvalue weighted by molar-refractivity contribution is -0.153. The van der Waals surface area contributed by atoms with Gasteiger partial charge < -0.3 is 19.4 Å². The van der Waals surface area contributed by atoms with E-state index in [4.69, 9.17) is 4.74 Å². The molecule has 1 fully saturated rings. The van der Waals surface area contributed by atoms with Crippen LogP contribution in [0, 0.1) is 5.82 Å². The molecule has 176 valence electrons. The van der Waals surface area contributed by atoms with Crippen LogP contribution in [0.5, 0.6) is 17.4 Å². The molecule has 13 heteroatoms. The van der Waals surface area contributed by atoms with E-state index in [9.17, 15) is 26.6 Å². The summed E-state index contributed by atoms with van der Waals surface area (Å²) in [5.74, 6) is -1.17. The molecule has 33 heavy (non-hydrogen) atoms. The molecule has 1 aliphatic heterocycles. The molecule has 0 aliphatic carbocycles. The maximum absolute atomic E-state index is 13.5. The zero-order valence-electron chi connectivity index (χ0n) is 17.4. The van der Waals surface area contributed by atoms with Gasteiger partial charge in [-0.2, -0.15) is 13.2 Å². The van der Waals surface area contributed by atoms with E-state index in [1.807, 2.05) is 0 Å². The maximum Gasteiger partial charge on any atom is 0.422 e. The predicted molar refractivity (Wildman–Crippen MR) is 110 cm³/mol. The molecule has 3 heterocycles. The first-order valence-corrected chi connectivity index (χ1v) is 11.1. The summed E-state index contributed by atoms with van der Waals surface area (Å²) in [4.78, 5) is 20.7. The minimum absolute atomic E-state index is 0.121. The number of hydrogen-bond donors (Lipinski definition) is 1. The van der Waals surface area contributed by atoms with Crippen LogP contribution < -0.4 is 14.8 Å².